The summed E-state index contributed by atoms with van der Waals surface area (Å²) in [6.07, 6.45) is 6.08. The fraction of sp³-hybridized carbons (Fsp3) is 0.500. The Morgan fingerprint density at radius 1 is 1.12 bits per heavy atom. The number of aldehydes is 1. The Morgan fingerprint density at radius 3 is 2.31 bits per heavy atom. The maximum absolute atomic E-state index is 11.3. The maximum Gasteiger partial charge on any atom is 0.156 e. The minimum Gasteiger partial charge on any atom is -0.377 e. The van der Waals surface area contributed by atoms with Crippen molar-refractivity contribution in [2.24, 2.45) is 5.92 Å². The number of hydrogen-bond donors (Lipinski definition) is 1. The lowest BCUT2D eigenvalue weighted by Crippen LogP contribution is -2.38. The monoisotopic (exact) mass is 218 g/mol. The number of carbonyl (C=O) groups excluding carboxylic acids is 1. The Bertz CT molecular complexity index is 341. The van der Waals surface area contributed by atoms with Crippen molar-refractivity contribution >= 4 is 6.29 Å². The van der Waals surface area contributed by atoms with Crippen molar-refractivity contribution in [2.75, 3.05) is 0 Å². The van der Waals surface area contributed by atoms with Crippen LogP contribution in [-0.4, -0.2) is 11.4 Å². The number of rotatable bonds is 3. The standard InChI is InChI=1S/C14H18O2/c15-11-14(16,12-7-3-1-4-8-12)13-9-5-2-6-10-13/h1,3-4,7-8,11,13,16H,2,5-6,9-10H2. The molecule has 1 aromatic carbocycles. The predicted molar refractivity (Wildman–Crippen MR) is 63.0 cm³/mol. The zero-order valence-corrected chi connectivity index (χ0v) is 9.43. The van der Waals surface area contributed by atoms with Gasteiger partial charge in [0.05, 0.1) is 0 Å². The van der Waals surface area contributed by atoms with Gasteiger partial charge < -0.3 is 5.11 Å². The first-order valence-corrected chi connectivity index (χ1v) is 6.01. The molecule has 1 aromatic rings. The van der Waals surface area contributed by atoms with Gasteiger partial charge in [-0.05, 0) is 24.3 Å². The van der Waals surface area contributed by atoms with Crippen molar-refractivity contribution in [1.82, 2.24) is 0 Å². The van der Waals surface area contributed by atoms with E-state index in [9.17, 15) is 9.90 Å². The van der Waals surface area contributed by atoms with Crippen molar-refractivity contribution in [1.29, 1.82) is 0 Å². The molecule has 0 aliphatic heterocycles. The van der Waals surface area contributed by atoms with Gasteiger partial charge in [-0.3, -0.25) is 4.79 Å². The normalized spacial score (nSPS) is 21.3. The van der Waals surface area contributed by atoms with Crippen LogP contribution in [0, 0.1) is 5.92 Å². The number of carbonyl (C=O) groups is 1. The van der Waals surface area contributed by atoms with Gasteiger partial charge in [-0.2, -0.15) is 0 Å². The highest BCUT2D eigenvalue weighted by molar-refractivity contribution is 5.66. The fourth-order valence-electron chi connectivity index (χ4n) is 2.65. The second-order valence-electron chi connectivity index (χ2n) is 4.64. The van der Waals surface area contributed by atoms with Gasteiger partial charge in [0.25, 0.3) is 0 Å². The SMILES string of the molecule is O=CC(O)(c1ccccc1)C1CCCCC1. The average Bonchev–Trinajstić information content (AvgIpc) is 2.40. The van der Waals surface area contributed by atoms with E-state index in [1.807, 2.05) is 30.3 Å². The van der Waals surface area contributed by atoms with Gasteiger partial charge in [0.15, 0.2) is 6.29 Å². The molecule has 1 aliphatic carbocycles. The second-order valence-corrected chi connectivity index (χ2v) is 4.64. The summed E-state index contributed by atoms with van der Waals surface area (Å²) in [4.78, 5) is 11.3. The van der Waals surface area contributed by atoms with Gasteiger partial charge in [0.1, 0.15) is 5.60 Å². The van der Waals surface area contributed by atoms with Gasteiger partial charge >= 0.3 is 0 Å². The molecule has 0 spiro atoms. The van der Waals surface area contributed by atoms with E-state index >= 15 is 0 Å². The van der Waals surface area contributed by atoms with Crippen LogP contribution in [0.5, 0.6) is 0 Å². The quantitative estimate of drug-likeness (QED) is 0.792. The summed E-state index contributed by atoms with van der Waals surface area (Å²) >= 11 is 0. The van der Waals surface area contributed by atoms with E-state index in [1.54, 1.807) is 0 Å². The molecule has 2 rings (SSSR count). The highest BCUT2D eigenvalue weighted by Crippen LogP contribution is 2.37. The van der Waals surface area contributed by atoms with E-state index < -0.39 is 5.60 Å². The zero-order valence-electron chi connectivity index (χ0n) is 9.43. The first-order valence-electron chi connectivity index (χ1n) is 6.01. The number of benzene rings is 1. The molecule has 1 fully saturated rings. The molecule has 1 atom stereocenters. The van der Waals surface area contributed by atoms with E-state index in [-0.39, 0.29) is 5.92 Å². The molecule has 1 saturated carbocycles. The molecule has 2 heteroatoms. The Balaban J connectivity index is 2.27. The Labute approximate surface area is 96.3 Å². The molecule has 86 valence electrons. The van der Waals surface area contributed by atoms with E-state index in [2.05, 4.69) is 0 Å². The van der Waals surface area contributed by atoms with Crippen LogP contribution in [-0.2, 0) is 10.4 Å². The third-order valence-electron chi connectivity index (χ3n) is 3.64. The smallest absolute Gasteiger partial charge is 0.156 e. The molecule has 2 nitrogen and oxygen atoms in total. The van der Waals surface area contributed by atoms with Crippen LogP contribution >= 0.6 is 0 Å². The molecule has 1 unspecified atom stereocenters. The fourth-order valence-corrected chi connectivity index (χ4v) is 2.65. The van der Waals surface area contributed by atoms with Crippen molar-refractivity contribution in [3.05, 3.63) is 35.9 Å². The van der Waals surface area contributed by atoms with Crippen LogP contribution in [0.3, 0.4) is 0 Å². The topological polar surface area (TPSA) is 37.3 Å². The van der Waals surface area contributed by atoms with Crippen molar-refractivity contribution in [2.45, 2.75) is 37.7 Å². The number of aliphatic hydroxyl groups is 1. The zero-order chi connectivity index (χ0) is 11.4. The van der Waals surface area contributed by atoms with Crippen LogP contribution in [0.4, 0.5) is 0 Å². The van der Waals surface area contributed by atoms with Crippen molar-refractivity contribution in [3.63, 3.8) is 0 Å². The van der Waals surface area contributed by atoms with Gasteiger partial charge in [-0.25, -0.2) is 0 Å². The van der Waals surface area contributed by atoms with E-state index in [1.165, 1.54) is 6.42 Å². The summed E-state index contributed by atoms with van der Waals surface area (Å²) in [7, 11) is 0. The summed E-state index contributed by atoms with van der Waals surface area (Å²) in [5.41, 5.74) is -0.543. The molecule has 0 bridgehead atoms. The maximum atomic E-state index is 11.3. The van der Waals surface area contributed by atoms with E-state index in [0.717, 1.165) is 37.5 Å². The van der Waals surface area contributed by atoms with Crippen LogP contribution in [0.2, 0.25) is 0 Å². The Kier molecular flexibility index (Phi) is 3.39. The van der Waals surface area contributed by atoms with Crippen molar-refractivity contribution in [3.8, 4) is 0 Å². The highest BCUT2D eigenvalue weighted by atomic mass is 16.3. The van der Waals surface area contributed by atoms with Gasteiger partial charge in [0.2, 0.25) is 0 Å². The first kappa shape index (κ1) is 11.3. The van der Waals surface area contributed by atoms with Crippen LogP contribution in [0.15, 0.2) is 30.3 Å². The predicted octanol–water partition coefficient (Wildman–Crippen LogP) is 2.65. The molecule has 16 heavy (non-hydrogen) atoms. The average molecular weight is 218 g/mol. The minimum atomic E-state index is -1.28. The third-order valence-corrected chi connectivity index (χ3v) is 3.64. The molecular formula is C14H18O2. The minimum absolute atomic E-state index is 0.0844. The molecule has 0 saturated heterocycles. The lowest BCUT2D eigenvalue weighted by Gasteiger charge is -2.34. The van der Waals surface area contributed by atoms with E-state index in [0.29, 0.717) is 0 Å². The summed E-state index contributed by atoms with van der Waals surface area (Å²) in [6, 6.07) is 9.31. The first-order chi connectivity index (χ1) is 7.77. The lowest BCUT2D eigenvalue weighted by molar-refractivity contribution is -0.132. The Morgan fingerprint density at radius 2 is 1.75 bits per heavy atom. The molecule has 0 amide bonds. The van der Waals surface area contributed by atoms with Crippen LogP contribution < -0.4 is 0 Å². The van der Waals surface area contributed by atoms with Gasteiger partial charge in [-0.1, -0.05) is 49.6 Å². The molecular weight excluding hydrogens is 200 g/mol. The third kappa shape index (κ3) is 2.03. The van der Waals surface area contributed by atoms with Crippen LogP contribution in [0.1, 0.15) is 37.7 Å². The lowest BCUT2D eigenvalue weighted by atomic mass is 9.74. The largest absolute Gasteiger partial charge is 0.377 e. The molecule has 1 aliphatic rings. The van der Waals surface area contributed by atoms with E-state index in [4.69, 9.17) is 0 Å². The van der Waals surface area contributed by atoms with Crippen molar-refractivity contribution < 1.29 is 9.90 Å². The molecule has 0 aromatic heterocycles. The summed E-state index contributed by atoms with van der Waals surface area (Å²) < 4.78 is 0. The number of hydrogen-bond acceptors (Lipinski definition) is 2. The molecule has 1 N–H and O–H groups in total. The van der Waals surface area contributed by atoms with Gasteiger partial charge in [-0.15, -0.1) is 0 Å². The second kappa shape index (κ2) is 4.79. The molecule has 0 radical (unpaired) electrons. The summed E-state index contributed by atoms with van der Waals surface area (Å²) in [6.45, 7) is 0. The van der Waals surface area contributed by atoms with Crippen LogP contribution in [0.25, 0.3) is 0 Å². The highest BCUT2D eigenvalue weighted by Gasteiger charge is 2.38. The summed E-state index contributed by atoms with van der Waals surface area (Å²) in [5.74, 6) is 0.0844. The van der Waals surface area contributed by atoms with Gasteiger partial charge in [0, 0.05) is 0 Å². The summed E-state index contributed by atoms with van der Waals surface area (Å²) in [5, 5.41) is 10.5. The molecule has 0 heterocycles. The Hall–Kier alpha value is -1.15.